The zero-order chi connectivity index (χ0) is 19.1. The van der Waals surface area contributed by atoms with Gasteiger partial charge in [-0.2, -0.15) is 13.2 Å². The van der Waals surface area contributed by atoms with Gasteiger partial charge >= 0.3 is 6.18 Å². The van der Waals surface area contributed by atoms with Gasteiger partial charge in [-0.3, -0.25) is 9.59 Å². The first kappa shape index (κ1) is 18.1. The number of alkyl halides is 3. The second-order valence-corrected chi connectivity index (χ2v) is 6.29. The summed E-state index contributed by atoms with van der Waals surface area (Å²) >= 11 is 1.06. The maximum atomic E-state index is 12.8. The number of aromatic nitrogens is 2. The van der Waals surface area contributed by atoms with E-state index in [1.54, 1.807) is 6.26 Å². The third-order valence-electron chi connectivity index (χ3n) is 3.81. The van der Waals surface area contributed by atoms with Gasteiger partial charge in [-0.05, 0) is 36.9 Å². The maximum absolute atomic E-state index is 12.8. The van der Waals surface area contributed by atoms with Crippen LogP contribution >= 0.6 is 11.8 Å². The Morgan fingerprint density at radius 3 is 2.19 bits per heavy atom. The zero-order valence-electron chi connectivity index (χ0n) is 13.6. The second kappa shape index (κ2) is 6.56. The molecule has 0 fully saturated rings. The number of benzene rings is 1. The van der Waals surface area contributed by atoms with Crippen LogP contribution in [0.2, 0.25) is 0 Å². The van der Waals surface area contributed by atoms with Gasteiger partial charge in [0.2, 0.25) is 11.6 Å². The first-order chi connectivity index (χ1) is 12.2. The molecule has 26 heavy (non-hydrogen) atoms. The Morgan fingerprint density at radius 2 is 1.65 bits per heavy atom. The Bertz CT molecular complexity index is 955. The van der Waals surface area contributed by atoms with E-state index < -0.39 is 23.3 Å². The number of nitrogens with one attached hydrogen (secondary N) is 1. The van der Waals surface area contributed by atoms with E-state index >= 15 is 0 Å². The number of rotatable bonds is 3. The van der Waals surface area contributed by atoms with E-state index in [0.29, 0.717) is 5.69 Å². The molecule has 0 atom stereocenters. The molecule has 1 aromatic heterocycles. The highest BCUT2D eigenvalue weighted by Gasteiger charge is 2.35. The summed E-state index contributed by atoms with van der Waals surface area (Å²) in [7, 11) is 0. The van der Waals surface area contributed by atoms with Gasteiger partial charge < -0.3 is 5.32 Å². The molecule has 0 radical (unpaired) electrons. The predicted octanol–water partition coefficient (Wildman–Crippen LogP) is 3.87. The van der Waals surface area contributed by atoms with Crippen LogP contribution in [-0.4, -0.2) is 27.8 Å². The number of aryl methyl sites for hydroxylation is 1. The highest BCUT2D eigenvalue weighted by Crippen LogP contribution is 2.34. The molecule has 0 bridgehead atoms. The van der Waals surface area contributed by atoms with Crippen molar-refractivity contribution in [3.05, 3.63) is 63.7 Å². The average Bonchev–Trinajstić information content (AvgIpc) is 2.60. The van der Waals surface area contributed by atoms with Gasteiger partial charge in [-0.25, -0.2) is 9.97 Å². The largest absolute Gasteiger partial charge is 0.416 e. The fourth-order valence-electron chi connectivity index (χ4n) is 2.54. The van der Waals surface area contributed by atoms with Gasteiger partial charge in [0.25, 0.3) is 0 Å². The molecule has 3 rings (SSSR count). The van der Waals surface area contributed by atoms with Crippen molar-refractivity contribution in [1.29, 1.82) is 0 Å². The van der Waals surface area contributed by atoms with Crippen LogP contribution in [0, 0.1) is 6.92 Å². The Morgan fingerprint density at radius 1 is 1.04 bits per heavy atom. The van der Waals surface area contributed by atoms with Crippen molar-refractivity contribution in [1.82, 2.24) is 9.97 Å². The van der Waals surface area contributed by atoms with E-state index in [1.807, 2.05) is 0 Å². The minimum absolute atomic E-state index is 0.0154. The molecule has 1 heterocycles. The normalized spacial score (nSPS) is 14.5. The molecule has 5 nitrogen and oxygen atoms in total. The summed E-state index contributed by atoms with van der Waals surface area (Å²) < 4.78 is 38.4. The quantitative estimate of drug-likeness (QED) is 0.873. The van der Waals surface area contributed by atoms with Crippen LogP contribution in [-0.2, 0) is 6.18 Å². The van der Waals surface area contributed by atoms with Crippen LogP contribution < -0.4 is 5.32 Å². The molecule has 2 aromatic rings. The van der Waals surface area contributed by atoms with Crippen molar-refractivity contribution in [2.45, 2.75) is 13.1 Å². The summed E-state index contributed by atoms with van der Waals surface area (Å²) in [5.74, 6) is -0.983. The van der Waals surface area contributed by atoms with Crippen molar-refractivity contribution < 1.29 is 22.8 Å². The summed E-state index contributed by atoms with van der Waals surface area (Å²) in [5, 5.41) is 2.80. The Kier molecular flexibility index (Phi) is 4.57. The number of fused-ring (bicyclic) bond motifs is 1. The minimum Gasteiger partial charge on any atom is -0.351 e. The smallest absolute Gasteiger partial charge is 0.351 e. The lowest BCUT2D eigenvalue weighted by atomic mass is 10.0. The van der Waals surface area contributed by atoms with Crippen molar-refractivity contribution in [2.75, 3.05) is 11.6 Å². The van der Waals surface area contributed by atoms with Gasteiger partial charge in [-0.1, -0.05) is 0 Å². The average molecular weight is 379 g/mol. The van der Waals surface area contributed by atoms with Crippen LogP contribution in [0.4, 0.5) is 18.9 Å². The molecule has 134 valence electrons. The van der Waals surface area contributed by atoms with E-state index in [1.165, 1.54) is 25.4 Å². The minimum atomic E-state index is -4.46. The molecular formula is C17H12F3N3O2S. The van der Waals surface area contributed by atoms with Gasteiger partial charge in [0.05, 0.1) is 10.5 Å². The number of hydrogen-bond acceptors (Lipinski definition) is 6. The van der Waals surface area contributed by atoms with Gasteiger partial charge in [0.15, 0.2) is 0 Å². The summed E-state index contributed by atoms with van der Waals surface area (Å²) in [6.07, 6.45) is -0.212. The first-order valence-electron chi connectivity index (χ1n) is 7.37. The van der Waals surface area contributed by atoms with Crippen molar-refractivity contribution >= 4 is 29.0 Å². The predicted molar refractivity (Wildman–Crippen MR) is 91.0 cm³/mol. The van der Waals surface area contributed by atoms with E-state index in [4.69, 9.17) is 0 Å². The zero-order valence-corrected chi connectivity index (χ0v) is 14.5. The molecule has 0 spiro atoms. The molecule has 1 N–H and O–H groups in total. The molecular weight excluding hydrogens is 367 g/mol. The number of thioether (sulfide) groups is 1. The molecule has 9 heteroatoms. The van der Waals surface area contributed by atoms with Crippen LogP contribution in [0.1, 0.15) is 32.1 Å². The third kappa shape index (κ3) is 3.10. The number of ketones is 2. The number of carbonyl (C=O) groups excluding carboxylic acids is 2. The maximum Gasteiger partial charge on any atom is 0.416 e. The van der Waals surface area contributed by atoms with E-state index in [-0.39, 0.29) is 27.6 Å². The summed E-state index contributed by atoms with van der Waals surface area (Å²) in [6, 6.07) is 3.12. The Labute approximate surface area is 150 Å². The lowest BCUT2D eigenvalue weighted by Crippen LogP contribution is -2.27. The number of halogens is 3. The molecule has 0 unspecified atom stereocenters. The number of hydrogen-bond donors (Lipinski definition) is 1. The number of anilines is 1. The lowest BCUT2D eigenvalue weighted by molar-refractivity contribution is -0.137. The highest BCUT2D eigenvalue weighted by atomic mass is 32.2. The van der Waals surface area contributed by atoms with Crippen molar-refractivity contribution in [3.63, 3.8) is 0 Å². The van der Waals surface area contributed by atoms with Gasteiger partial charge in [0.1, 0.15) is 17.1 Å². The third-order valence-corrected chi connectivity index (χ3v) is 4.60. The molecule has 0 saturated carbocycles. The van der Waals surface area contributed by atoms with Gasteiger partial charge in [0, 0.05) is 18.1 Å². The standard InChI is InChI=1S/C17H12F3N3O2S/c1-8-7-9(17(18,19)20)3-4-10(8)23-13-14(24)11-12(22-6-5-21-11)15(25)16(13)26-2/h3-7,23H,1-2H3. The van der Waals surface area contributed by atoms with E-state index in [2.05, 4.69) is 15.3 Å². The molecule has 0 amide bonds. The SMILES string of the molecule is CSC1=C(Nc2ccc(C(F)(F)F)cc2C)C(=O)c2nccnc2C1=O. The molecule has 0 aliphatic heterocycles. The molecule has 1 aromatic carbocycles. The number of Topliss-reactive ketones (excluding diaryl/α,β-unsaturated/α-hetero) is 2. The van der Waals surface area contributed by atoms with Crippen LogP contribution in [0.25, 0.3) is 0 Å². The Hall–Kier alpha value is -2.68. The monoisotopic (exact) mass is 379 g/mol. The van der Waals surface area contributed by atoms with Crippen molar-refractivity contribution in [3.8, 4) is 0 Å². The van der Waals surface area contributed by atoms with E-state index in [0.717, 1.165) is 23.9 Å². The second-order valence-electron chi connectivity index (χ2n) is 5.47. The van der Waals surface area contributed by atoms with Crippen LogP contribution in [0.3, 0.4) is 0 Å². The fraction of sp³-hybridized carbons (Fsp3) is 0.176. The van der Waals surface area contributed by atoms with Gasteiger partial charge in [-0.15, -0.1) is 11.8 Å². The lowest BCUT2D eigenvalue weighted by Gasteiger charge is -2.20. The number of nitrogens with zero attached hydrogens (tertiary/aromatic N) is 2. The molecule has 1 aliphatic rings. The molecule has 1 aliphatic carbocycles. The van der Waals surface area contributed by atoms with E-state index in [9.17, 15) is 22.8 Å². The van der Waals surface area contributed by atoms with Crippen LogP contribution in [0.5, 0.6) is 0 Å². The summed E-state index contributed by atoms with van der Waals surface area (Å²) in [4.78, 5) is 33.2. The van der Waals surface area contributed by atoms with Crippen LogP contribution in [0.15, 0.2) is 41.2 Å². The topological polar surface area (TPSA) is 72.0 Å². The summed E-state index contributed by atoms with van der Waals surface area (Å²) in [5.41, 5.74) is -0.329. The Balaban J connectivity index is 2.04. The summed E-state index contributed by atoms with van der Waals surface area (Å²) in [6.45, 7) is 1.49. The first-order valence-corrected chi connectivity index (χ1v) is 8.60. The number of allylic oxidation sites excluding steroid dienone is 2. The van der Waals surface area contributed by atoms with Crippen molar-refractivity contribution in [2.24, 2.45) is 0 Å². The number of carbonyl (C=O) groups is 2. The molecule has 0 saturated heterocycles. The highest BCUT2D eigenvalue weighted by molar-refractivity contribution is 8.03. The fourth-order valence-corrected chi connectivity index (χ4v) is 3.17.